The van der Waals surface area contributed by atoms with Crippen LogP contribution in [-0.4, -0.2) is 35.6 Å². The zero-order chi connectivity index (χ0) is 20.7. The van der Waals surface area contributed by atoms with Crippen LogP contribution in [0.3, 0.4) is 0 Å². The summed E-state index contributed by atoms with van der Waals surface area (Å²) in [4.78, 5) is 34.1. The van der Waals surface area contributed by atoms with Crippen molar-refractivity contribution in [3.8, 4) is 11.5 Å². The Balaban J connectivity index is 2.32. The highest BCUT2D eigenvalue weighted by Crippen LogP contribution is 2.35. The highest BCUT2D eigenvalue weighted by molar-refractivity contribution is 6.07. The van der Waals surface area contributed by atoms with Crippen LogP contribution in [0.5, 0.6) is 11.5 Å². The molecule has 2 aromatic rings. The Morgan fingerprint density at radius 1 is 1.21 bits per heavy atom. The lowest BCUT2D eigenvalue weighted by molar-refractivity contribution is -0.385. The van der Waals surface area contributed by atoms with E-state index in [1.54, 1.807) is 31.2 Å². The topological polar surface area (TPSA) is 128 Å². The van der Waals surface area contributed by atoms with E-state index in [0.29, 0.717) is 12.1 Å². The smallest absolute Gasteiger partial charge is 0.303 e. The molecule has 9 nitrogen and oxygen atoms in total. The van der Waals surface area contributed by atoms with Gasteiger partial charge in [0.1, 0.15) is 5.56 Å². The number of anilines is 1. The largest absolute Gasteiger partial charge is 0.493 e. The molecule has 0 saturated carbocycles. The number of hydrogen-bond donors (Lipinski definition) is 2. The van der Waals surface area contributed by atoms with Crippen LogP contribution in [0, 0.1) is 10.1 Å². The van der Waals surface area contributed by atoms with Crippen molar-refractivity contribution in [3.05, 3.63) is 57.6 Å². The maximum Gasteiger partial charge on any atom is 0.303 e. The van der Waals surface area contributed by atoms with E-state index in [0.717, 1.165) is 11.6 Å². The van der Waals surface area contributed by atoms with Gasteiger partial charge in [-0.3, -0.25) is 19.7 Å². The summed E-state index contributed by atoms with van der Waals surface area (Å²) in [6.45, 7) is 2.01. The van der Waals surface area contributed by atoms with Crippen LogP contribution in [0.15, 0.2) is 36.4 Å². The Morgan fingerprint density at radius 3 is 2.57 bits per heavy atom. The Hall–Kier alpha value is -3.62. The van der Waals surface area contributed by atoms with Gasteiger partial charge in [-0.25, -0.2) is 0 Å². The third-order valence-electron chi connectivity index (χ3n) is 3.84. The second-order valence-corrected chi connectivity index (χ2v) is 5.76. The van der Waals surface area contributed by atoms with Gasteiger partial charge in [0.25, 0.3) is 11.6 Å². The zero-order valence-electron chi connectivity index (χ0n) is 15.4. The summed E-state index contributed by atoms with van der Waals surface area (Å²) >= 11 is 0. The lowest BCUT2D eigenvalue weighted by atomic mass is 10.1. The van der Waals surface area contributed by atoms with Crippen LogP contribution in [0.2, 0.25) is 0 Å². The van der Waals surface area contributed by atoms with Crippen molar-refractivity contribution in [2.75, 3.05) is 19.0 Å². The Labute approximate surface area is 161 Å². The third kappa shape index (κ3) is 5.19. The van der Waals surface area contributed by atoms with Crippen molar-refractivity contribution in [2.24, 2.45) is 0 Å². The average molecular weight is 388 g/mol. The highest BCUT2D eigenvalue weighted by Gasteiger charge is 2.25. The molecule has 0 aliphatic carbocycles. The number of carboxylic acids is 1. The van der Waals surface area contributed by atoms with Crippen molar-refractivity contribution in [1.29, 1.82) is 0 Å². The number of aryl methyl sites for hydroxylation is 1. The van der Waals surface area contributed by atoms with Crippen LogP contribution in [-0.2, 0) is 11.2 Å². The summed E-state index contributed by atoms with van der Waals surface area (Å²) in [5.41, 5.74) is 0.527. The number of carbonyl (C=O) groups is 2. The number of rotatable bonds is 9. The van der Waals surface area contributed by atoms with Crippen LogP contribution in [0.1, 0.15) is 29.3 Å². The van der Waals surface area contributed by atoms with E-state index >= 15 is 0 Å². The summed E-state index contributed by atoms with van der Waals surface area (Å²) in [7, 11) is 1.37. The number of methoxy groups -OCH3 is 1. The Kier molecular flexibility index (Phi) is 6.91. The molecular weight excluding hydrogens is 368 g/mol. The minimum Gasteiger partial charge on any atom is -0.493 e. The average Bonchev–Trinajstić information content (AvgIpc) is 2.66. The molecule has 0 heterocycles. The quantitative estimate of drug-likeness (QED) is 0.498. The number of hydrogen-bond acceptors (Lipinski definition) is 6. The molecule has 148 valence electrons. The number of amides is 1. The molecule has 28 heavy (non-hydrogen) atoms. The molecule has 0 unspecified atom stereocenters. The fourth-order valence-electron chi connectivity index (χ4n) is 2.56. The molecule has 0 saturated heterocycles. The molecule has 0 spiro atoms. The van der Waals surface area contributed by atoms with Gasteiger partial charge in [-0.1, -0.05) is 12.1 Å². The molecule has 0 aliphatic heterocycles. The highest BCUT2D eigenvalue weighted by atomic mass is 16.6. The van der Waals surface area contributed by atoms with Crippen LogP contribution >= 0.6 is 0 Å². The van der Waals surface area contributed by atoms with Crippen molar-refractivity contribution in [2.45, 2.75) is 19.8 Å². The van der Waals surface area contributed by atoms with E-state index < -0.39 is 22.5 Å². The fourth-order valence-corrected chi connectivity index (χ4v) is 2.56. The molecule has 0 fully saturated rings. The monoisotopic (exact) mass is 388 g/mol. The molecule has 0 bridgehead atoms. The molecule has 9 heteroatoms. The number of nitrogens with one attached hydrogen (secondary N) is 1. The number of ether oxygens (including phenoxy) is 2. The first-order valence-electron chi connectivity index (χ1n) is 8.47. The minimum absolute atomic E-state index is 0.0427. The third-order valence-corrected chi connectivity index (χ3v) is 3.84. The molecule has 2 N–H and O–H groups in total. The number of carboxylic acid groups (broad SMARTS) is 1. The van der Waals surface area contributed by atoms with Gasteiger partial charge in [-0.2, -0.15) is 0 Å². The number of aliphatic carboxylic acids is 1. The molecule has 0 radical (unpaired) electrons. The van der Waals surface area contributed by atoms with Crippen molar-refractivity contribution in [3.63, 3.8) is 0 Å². The summed E-state index contributed by atoms with van der Waals surface area (Å²) in [6.07, 6.45) is 0.259. The Bertz CT molecular complexity index is 896. The number of benzene rings is 2. The normalized spacial score (nSPS) is 10.2. The van der Waals surface area contributed by atoms with Crippen LogP contribution in [0.4, 0.5) is 11.4 Å². The lowest BCUT2D eigenvalue weighted by Gasteiger charge is -2.12. The molecular formula is C19H20N2O7. The summed E-state index contributed by atoms with van der Waals surface area (Å²) < 4.78 is 10.5. The van der Waals surface area contributed by atoms with Crippen molar-refractivity contribution >= 4 is 23.3 Å². The predicted molar refractivity (Wildman–Crippen MR) is 101 cm³/mol. The first-order chi connectivity index (χ1) is 13.3. The molecule has 0 aliphatic rings. The van der Waals surface area contributed by atoms with E-state index in [4.69, 9.17) is 14.6 Å². The predicted octanol–water partition coefficient (Wildman–Crippen LogP) is 3.27. The summed E-state index contributed by atoms with van der Waals surface area (Å²) in [5.74, 6) is -1.24. The molecule has 0 aromatic heterocycles. The fraction of sp³-hybridized carbons (Fsp3) is 0.263. The lowest BCUT2D eigenvalue weighted by Crippen LogP contribution is -2.15. The number of carbonyl (C=O) groups excluding carboxylic acids is 1. The van der Waals surface area contributed by atoms with Crippen molar-refractivity contribution in [1.82, 2.24) is 0 Å². The molecule has 1 amide bonds. The zero-order valence-corrected chi connectivity index (χ0v) is 15.4. The van der Waals surface area contributed by atoms with Gasteiger partial charge in [0, 0.05) is 18.2 Å². The van der Waals surface area contributed by atoms with E-state index in [1.165, 1.54) is 13.2 Å². The second-order valence-electron chi connectivity index (χ2n) is 5.76. The van der Waals surface area contributed by atoms with E-state index in [9.17, 15) is 19.7 Å². The standard InChI is InChI=1S/C19H20N2O7/c1-3-28-17-11-15(21(25)26)14(10-16(17)27-2)19(24)20-13-6-4-5-12(9-13)7-8-18(22)23/h4-6,9-11H,3,7-8H2,1-2H3,(H,20,24)(H,22,23). The van der Waals surface area contributed by atoms with Gasteiger partial charge >= 0.3 is 5.97 Å². The first-order valence-corrected chi connectivity index (χ1v) is 8.47. The van der Waals surface area contributed by atoms with E-state index in [-0.39, 0.29) is 30.1 Å². The summed E-state index contributed by atoms with van der Waals surface area (Å²) in [5, 5.41) is 22.8. The van der Waals surface area contributed by atoms with Gasteiger partial charge in [0.2, 0.25) is 0 Å². The van der Waals surface area contributed by atoms with Gasteiger partial charge < -0.3 is 19.9 Å². The van der Waals surface area contributed by atoms with Crippen LogP contribution < -0.4 is 14.8 Å². The van der Waals surface area contributed by atoms with E-state index in [1.807, 2.05) is 0 Å². The molecule has 0 atom stereocenters. The molecule has 2 aromatic carbocycles. The first kappa shape index (κ1) is 20.7. The van der Waals surface area contributed by atoms with Gasteiger partial charge in [-0.05, 0) is 31.0 Å². The van der Waals surface area contributed by atoms with Gasteiger partial charge in [0.05, 0.1) is 24.7 Å². The number of nitro groups is 1. The number of nitrogens with zero attached hydrogens (tertiary/aromatic N) is 1. The minimum atomic E-state index is -0.924. The summed E-state index contributed by atoms with van der Waals surface area (Å²) in [6, 6.07) is 9.05. The SMILES string of the molecule is CCOc1cc([N+](=O)[O-])c(C(=O)Nc2cccc(CCC(=O)O)c2)cc1OC. The van der Waals surface area contributed by atoms with E-state index in [2.05, 4.69) is 5.32 Å². The maximum absolute atomic E-state index is 12.6. The maximum atomic E-state index is 12.6. The second kappa shape index (κ2) is 9.36. The van der Waals surface area contributed by atoms with Crippen molar-refractivity contribution < 1.29 is 29.1 Å². The van der Waals surface area contributed by atoms with Gasteiger partial charge in [0.15, 0.2) is 11.5 Å². The van der Waals surface area contributed by atoms with Gasteiger partial charge in [-0.15, -0.1) is 0 Å². The molecule has 2 rings (SSSR count). The number of nitro benzene ring substituents is 1. The Morgan fingerprint density at radius 2 is 1.96 bits per heavy atom. The van der Waals surface area contributed by atoms with Crippen LogP contribution in [0.25, 0.3) is 0 Å².